The molecule has 21 heavy (non-hydrogen) atoms. The van der Waals surface area contributed by atoms with Crippen molar-refractivity contribution in [2.75, 3.05) is 26.2 Å². The molecule has 0 atom stereocenters. The Morgan fingerprint density at radius 3 is 2.71 bits per heavy atom. The first kappa shape index (κ1) is 16.1. The van der Waals surface area contributed by atoms with Crippen LogP contribution in [0.2, 0.25) is 5.02 Å². The zero-order valence-electron chi connectivity index (χ0n) is 12.8. The van der Waals surface area contributed by atoms with Gasteiger partial charge in [-0.3, -0.25) is 4.98 Å². The lowest BCUT2D eigenvalue weighted by atomic mass is 10.2. The van der Waals surface area contributed by atoms with E-state index in [1.165, 1.54) is 0 Å². The summed E-state index contributed by atoms with van der Waals surface area (Å²) in [6.07, 6.45) is 3.97. The van der Waals surface area contributed by atoms with Gasteiger partial charge in [0.05, 0.1) is 11.6 Å². The minimum Gasteiger partial charge on any atom is -0.491 e. The summed E-state index contributed by atoms with van der Waals surface area (Å²) < 4.78 is 5.88. The molecule has 0 saturated carbocycles. The van der Waals surface area contributed by atoms with E-state index in [4.69, 9.17) is 16.3 Å². The molecule has 4 heteroatoms. The standard InChI is InChI=1S/C17H23ClN2O/c1-3-20(4-2)12-5-6-13-21-16-10-9-15(18)14-8-7-11-19-17(14)16/h7-11H,3-6,12-13H2,1-2H3. The number of ether oxygens (including phenoxy) is 1. The monoisotopic (exact) mass is 306 g/mol. The van der Waals surface area contributed by atoms with Crippen LogP contribution in [0.1, 0.15) is 26.7 Å². The van der Waals surface area contributed by atoms with E-state index in [-0.39, 0.29) is 0 Å². The van der Waals surface area contributed by atoms with Gasteiger partial charge in [-0.1, -0.05) is 25.4 Å². The van der Waals surface area contributed by atoms with Gasteiger partial charge in [-0.25, -0.2) is 0 Å². The Labute approximate surface area is 131 Å². The average Bonchev–Trinajstić information content (AvgIpc) is 2.53. The van der Waals surface area contributed by atoms with Crippen molar-refractivity contribution in [1.29, 1.82) is 0 Å². The van der Waals surface area contributed by atoms with Crippen LogP contribution < -0.4 is 4.74 Å². The lowest BCUT2D eigenvalue weighted by Gasteiger charge is -2.17. The van der Waals surface area contributed by atoms with Gasteiger partial charge in [0.25, 0.3) is 0 Å². The quantitative estimate of drug-likeness (QED) is 0.676. The van der Waals surface area contributed by atoms with Gasteiger partial charge in [-0.05, 0) is 56.7 Å². The highest BCUT2D eigenvalue weighted by Crippen LogP contribution is 2.29. The number of benzene rings is 1. The maximum absolute atomic E-state index is 6.18. The first-order valence-corrected chi connectivity index (χ1v) is 8.02. The predicted octanol–water partition coefficient (Wildman–Crippen LogP) is 4.39. The molecule has 0 aliphatic heterocycles. The summed E-state index contributed by atoms with van der Waals surface area (Å²) in [5.41, 5.74) is 0.841. The van der Waals surface area contributed by atoms with Crippen molar-refractivity contribution >= 4 is 22.5 Å². The molecule has 1 aromatic heterocycles. The van der Waals surface area contributed by atoms with Crippen LogP contribution in [0, 0.1) is 0 Å². The number of aromatic nitrogens is 1. The number of rotatable bonds is 8. The highest BCUT2D eigenvalue weighted by molar-refractivity contribution is 6.35. The van der Waals surface area contributed by atoms with E-state index >= 15 is 0 Å². The molecule has 0 unspecified atom stereocenters. The Morgan fingerprint density at radius 2 is 1.95 bits per heavy atom. The Morgan fingerprint density at radius 1 is 1.14 bits per heavy atom. The molecule has 0 radical (unpaired) electrons. The molecule has 114 valence electrons. The van der Waals surface area contributed by atoms with Crippen LogP contribution in [0.15, 0.2) is 30.5 Å². The van der Waals surface area contributed by atoms with Gasteiger partial charge < -0.3 is 9.64 Å². The first-order chi connectivity index (χ1) is 10.3. The Hall–Kier alpha value is -1.32. The number of hydrogen-bond donors (Lipinski definition) is 0. The van der Waals surface area contributed by atoms with Gasteiger partial charge in [-0.2, -0.15) is 0 Å². The lowest BCUT2D eigenvalue weighted by Crippen LogP contribution is -2.24. The Bertz CT molecular complexity index is 570. The predicted molar refractivity (Wildman–Crippen MR) is 89.3 cm³/mol. The topological polar surface area (TPSA) is 25.4 Å². The summed E-state index contributed by atoms with van der Waals surface area (Å²) in [4.78, 5) is 6.81. The normalized spacial score (nSPS) is 11.2. The first-order valence-electron chi connectivity index (χ1n) is 7.64. The van der Waals surface area contributed by atoms with Crippen LogP contribution >= 0.6 is 11.6 Å². The van der Waals surface area contributed by atoms with Crippen LogP contribution in [0.5, 0.6) is 5.75 Å². The largest absolute Gasteiger partial charge is 0.491 e. The highest BCUT2D eigenvalue weighted by atomic mass is 35.5. The van der Waals surface area contributed by atoms with Gasteiger partial charge in [-0.15, -0.1) is 0 Å². The third kappa shape index (κ3) is 4.32. The SMILES string of the molecule is CCN(CC)CCCCOc1ccc(Cl)c2cccnc12. The molecule has 1 aromatic carbocycles. The summed E-state index contributed by atoms with van der Waals surface area (Å²) in [5, 5.41) is 1.66. The second kappa shape index (κ2) is 8.20. The van der Waals surface area contributed by atoms with Crippen LogP contribution in [-0.2, 0) is 0 Å². The van der Waals surface area contributed by atoms with Gasteiger partial charge >= 0.3 is 0 Å². The fourth-order valence-corrected chi connectivity index (χ4v) is 2.60. The van der Waals surface area contributed by atoms with Crippen molar-refractivity contribution in [3.05, 3.63) is 35.5 Å². The van der Waals surface area contributed by atoms with Gasteiger partial charge in [0.15, 0.2) is 0 Å². The van der Waals surface area contributed by atoms with Crippen molar-refractivity contribution in [3.63, 3.8) is 0 Å². The minimum absolute atomic E-state index is 0.715. The zero-order valence-corrected chi connectivity index (χ0v) is 13.6. The molecule has 0 N–H and O–H groups in total. The average molecular weight is 307 g/mol. The number of hydrogen-bond acceptors (Lipinski definition) is 3. The van der Waals surface area contributed by atoms with Gasteiger partial charge in [0.1, 0.15) is 11.3 Å². The number of nitrogens with zero attached hydrogens (tertiary/aromatic N) is 2. The molecule has 0 aliphatic carbocycles. The summed E-state index contributed by atoms with van der Waals surface area (Å²) in [6, 6.07) is 7.64. The second-order valence-electron chi connectivity index (χ2n) is 5.03. The van der Waals surface area contributed by atoms with Crippen LogP contribution in [0.25, 0.3) is 10.9 Å². The number of fused-ring (bicyclic) bond motifs is 1. The molecule has 0 fully saturated rings. The van der Waals surface area contributed by atoms with Crippen LogP contribution in [0.3, 0.4) is 0 Å². The zero-order chi connectivity index (χ0) is 15.1. The summed E-state index contributed by atoms with van der Waals surface area (Å²) in [7, 11) is 0. The van der Waals surface area contributed by atoms with E-state index < -0.39 is 0 Å². The van der Waals surface area contributed by atoms with Gasteiger partial charge in [0, 0.05) is 11.6 Å². The van der Waals surface area contributed by atoms with E-state index in [9.17, 15) is 0 Å². The van der Waals surface area contributed by atoms with E-state index in [0.717, 1.165) is 49.1 Å². The Kier molecular flexibility index (Phi) is 6.27. The molecule has 2 aromatic rings. The van der Waals surface area contributed by atoms with E-state index in [1.807, 2.05) is 24.3 Å². The molecular formula is C17H23ClN2O. The fraction of sp³-hybridized carbons (Fsp3) is 0.471. The van der Waals surface area contributed by atoms with Crippen molar-refractivity contribution < 1.29 is 4.74 Å². The molecule has 2 rings (SSSR count). The van der Waals surface area contributed by atoms with Crippen molar-refractivity contribution in [1.82, 2.24) is 9.88 Å². The Balaban J connectivity index is 1.88. The molecule has 1 heterocycles. The fourth-order valence-electron chi connectivity index (χ4n) is 2.39. The van der Waals surface area contributed by atoms with E-state index in [0.29, 0.717) is 11.6 Å². The summed E-state index contributed by atoms with van der Waals surface area (Å²) >= 11 is 6.18. The molecule has 0 amide bonds. The van der Waals surface area contributed by atoms with Crippen LogP contribution in [0.4, 0.5) is 0 Å². The van der Waals surface area contributed by atoms with Crippen LogP contribution in [-0.4, -0.2) is 36.1 Å². The molecule has 3 nitrogen and oxygen atoms in total. The maximum Gasteiger partial charge on any atom is 0.145 e. The molecule has 0 bridgehead atoms. The second-order valence-corrected chi connectivity index (χ2v) is 5.43. The third-order valence-electron chi connectivity index (χ3n) is 3.70. The summed E-state index contributed by atoms with van der Waals surface area (Å²) in [5.74, 6) is 0.817. The maximum atomic E-state index is 6.18. The van der Waals surface area contributed by atoms with E-state index in [2.05, 4.69) is 23.7 Å². The molecule has 0 saturated heterocycles. The molecule has 0 spiro atoms. The van der Waals surface area contributed by atoms with Gasteiger partial charge in [0.2, 0.25) is 0 Å². The smallest absolute Gasteiger partial charge is 0.145 e. The highest BCUT2D eigenvalue weighted by Gasteiger charge is 2.06. The lowest BCUT2D eigenvalue weighted by molar-refractivity contribution is 0.267. The summed E-state index contributed by atoms with van der Waals surface area (Å²) in [6.45, 7) is 8.48. The molecule has 0 aliphatic rings. The number of unbranched alkanes of at least 4 members (excludes halogenated alkanes) is 1. The minimum atomic E-state index is 0.715. The third-order valence-corrected chi connectivity index (χ3v) is 4.03. The number of pyridine rings is 1. The van der Waals surface area contributed by atoms with Crippen molar-refractivity contribution in [2.45, 2.75) is 26.7 Å². The van der Waals surface area contributed by atoms with Crippen molar-refractivity contribution in [2.24, 2.45) is 0 Å². The number of halogens is 1. The molecular weight excluding hydrogens is 284 g/mol. The van der Waals surface area contributed by atoms with Crippen molar-refractivity contribution in [3.8, 4) is 5.75 Å². The van der Waals surface area contributed by atoms with E-state index in [1.54, 1.807) is 6.20 Å².